The number of quaternary nitrogens is 1. The molecule has 0 aliphatic carbocycles. The van der Waals surface area contributed by atoms with Crippen LogP contribution in [0.2, 0.25) is 5.02 Å². The van der Waals surface area contributed by atoms with E-state index in [2.05, 4.69) is 13.8 Å². The molecular weight excluding hydrogens is 258 g/mol. The largest absolute Gasteiger partial charge is 0.487 e. The monoisotopic (exact) mass is 282 g/mol. The number of hydrogen-bond acceptors (Lipinski definition) is 1. The second kappa shape index (κ2) is 6.62. The molecule has 0 bridgehead atoms. The number of hydrogen-bond donors (Lipinski definition) is 1. The molecule has 1 N–H and O–H groups in total. The minimum Gasteiger partial charge on any atom is -0.487 e. The highest BCUT2D eigenvalue weighted by molar-refractivity contribution is 6.31. The molecule has 1 saturated heterocycles. The van der Waals surface area contributed by atoms with Crippen LogP contribution in [-0.2, 0) is 0 Å². The Balaban J connectivity index is 1.84. The molecule has 106 valence electrons. The fourth-order valence-corrected chi connectivity index (χ4v) is 3.05. The maximum atomic E-state index is 6.10. The lowest BCUT2D eigenvalue weighted by molar-refractivity contribution is -0.908. The molecule has 1 fully saturated rings. The summed E-state index contributed by atoms with van der Waals surface area (Å²) < 4.78 is 5.93. The van der Waals surface area contributed by atoms with Crippen LogP contribution in [0, 0.1) is 19.8 Å². The molecule has 2 atom stereocenters. The van der Waals surface area contributed by atoms with Gasteiger partial charge in [-0.3, -0.25) is 0 Å². The Hall–Kier alpha value is -0.730. The first-order chi connectivity index (χ1) is 9.08. The zero-order chi connectivity index (χ0) is 13.8. The number of ether oxygens (including phenoxy) is 1. The quantitative estimate of drug-likeness (QED) is 0.896. The summed E-state index contributed by atoms with van der Waals surface area (Å²) in [6.07, 6.45) is 2.75. The molecule has 0 spiro atoms. The topological polar surface area (TPSA) is 13.7 Å². The third-order valence-electron chi connectivity index (χ3n) is 4.25. The highest BCUT2D eigenvalue weighted by Crippen LogP contribution is 2.26. The van der Waals surface area contributed by atoms with Crippen LogP contribution in [0.4, 0.5) is 0 Å². The summed E-state index contributed by atoms with van der Waals surface area (Å²) in [6.45, 7) is 11.0. The molecule has 0 amide bonds. The summed E-state index contributed by atoms with van der Waals surface area (Å²) in [7, 11) is 0. The van der Waals surface area contributed by atoms with Crippen LogP contribution in [0.1, 0.15) is 30.9 Å². The van der Waals surface area contributed by atoms with E-state index < -0.39 is 0 Å². The fraction of sp³-hybridized carbons (Fsp3) is 0.625. The average Bonchev–Trinajstić information content (AvgIpc) is 2.39. The standard InChI is InChI=1S/C16H24ClNO/c1-12-5-4-8-18(11-12)9-10-19-16-7-6-15(17)13(2)14(16)3/h6-7,12H,4-5,8-11H2,1-3H3/p+1/t12-/m0/s1. The molecule has 0 aromatic heterocycles. The summed E-state index contributed by atoms with van der Waals surface area (Å²) in [6, 6.07) is 3.91. The molecule has 2 rings (SSSR count). The highest BCUT2D eigenvalue weighted by Gasteiger charge is 2.19. The van der Waals surface area contributed by atoms with E-state index in [1.807, 2.05) is 19.1 Å². The van der Waals surface area contributed by atoms with Crippen LogP contribution in [0.15, 0.2) is 12.1 Å². The average molecular weight is 283 g/mol. The molecule has 1 heterocycles. The second-order valence-corrected chi connectivity index (χ2v) is 6.25. The van der Waals surface area contributed by atoms with Crippen molar-refractivity contribution in [3.05, 3.63) is 28.3 Å². The predicted octanol–water partition coefficient (Wildman–Crippen LogP) is 2.65. The Morgan fingerprint density at radius 3 is 2.84 bits per heavy atom. The fourth-order valence-electron chi connectivity index (χ4n) is 2.85. The minimum absolute atomic E-state index is 0.796. The van der Waals surface area contributed by atoms with Gasteiger partial charge in [0.05, 0.1) is 13.1 Å². The molecule has 1 aliphatic rings. The van der Waals surface area contributed by atoms with Crippen molar-refractivity contribution in [2.45, 2.75) is 33.6 Å². The summed E-state index contributed by atoms with van der Waals surface area (Å²) >= 11 is 6.10. The van der Waals surface area contributed by atoms with Gasteiger partial charge in [-0.15, -0.1) is 0 Å². The van der Waals surface area contributed by atoms with Crippen molar-refractivity contribution < 1.29 is 9.64 Å². The van der Waals surface area contributed by atoms with Crippen LogP contribution in [0.5, 0.6) is 5.75 Å². The van der Waals surface area contributed by atoms with Crippen molar-refractivity contribution in [3.8, 4) is 5.75 Å². The Bertz CT molecular complexity index is 433. The Kier molecular flexibility index (Phi) is 5.12. The Labute approximate surface area is 121 Å². The van der Waals surface area contributed by atoms with Crippen LogP contribution >= 0.6 is 11.6 Å². The van der Waals surface area contributed by atoms with Gasteiger partial charge in [0.2, 0.25) is 0 Å². The van der Waals surface area contributed by atoms with Crippen molar-refractivity contribution >= 4 is 11.6 Å². The van der Waals surface area contributed by atoms with Crippen molar-refractivity contribution in [2.75, 3.05) is 26.2 Å². The Morgan fingerprint density at radius 2 is 2.11 bits per heavy atom. The van der Waals surface area contributed by atoms with E-state index in [9.17, 15) is 0 Å². The molecule has 1 aromatic carbocycles. The van der Waals surface area contributed by atoms with Crippen molar-refractivity contribution in [3.63, 3.8) is 0 Å². The lowest BCUT2D eigenvalue weighted by Gasteiger charge is -2.27. The number of nitrogens with one attached hydrogen (secondary N) is 1. The second-order valence-electron chi connectivity index (χ2n) is 5.85. The molecule has 0 radical (unpaired) electrons. The first kappa shape index (κ1) is 14.7. The maximum absolute atomic E-state index is 6.10. The molecule has 1 unspecified atom stereocenters. The van der Waals surface area contributed by atoms with Gasteiger partial charge in [0, 0.05) is 10.9 Å². The molecule has 2 nitrogen and oxygen atoms in total. The lowest BCUT2D eigenvalue weighted by atomic mass is 10.0. The third kappa shape index (κ3) is 3.87. The molecular formula is C16H25ClNO+. The molecule has 1 aliphatic heterocycles. The van der Waals surface area contributed by atoms with Crippen molar-refractivity contribution in [2.24, 2.45) is 5.92 Å². The van der Waals surface area contributed by atoms with Crippen molar-refractivity contribution in [1.29, 1.82) is 0 Å². The van der Waals surface area contributed by atoms with E-state index in [0.29, 0.717) is 0 Å². The normalized spacial score (nSPS) is 23.4. The van der Waals surface area contributed by atoms with Crippen LogP contribution < -0.4 is 9.64 Å². The van der Waals surface area contributed by atoms with Crippen LogP contribution in [0.25, 0.3) is 0 Å². The summed E-state index contributed by atoms with van der Waals surface area (Å²) in [5.74, 6) is 1.84. The molecule has 1 aromatic rings. The van der Waals surface area contributed by atoms with Crippen LogP contribution in [0.3, 0.4) is 0 Å². The highest BCUT2D eigenvalue weighted by atomic mass is 35.5. The van der Waals surface area contributed by atoms with Gasteiger partial charge >= 0.3 is 0 Å². The number of likely N-dealkylation sites (tertiary alicyclic amines) is 1. The summed E-state index contributed by atoms with van der Waals surface area (Å²) in [5, 5.41) is 0.820. The molecule has 3 heteroatoms. The number of rotatable bonds is 4. The summed E-state index contributed by atoms with van der Waals surface area (Å²) in [4.78, 5) is 1.68. The van der Waals surface area contributed by atoms with Gasteiger partial charge in [0.1, 0.15) is 18.9 Å². The van der Waals surface area contributed by atoms with E-state index in [-0.39, 0.29) is 0 Å². The number of halogens is 1. The lowest BCUT2D eigenvalue weighted by Crippen LogP contribution is -3.14. The third-order valence-corrected chi connectivity index (χ3v) is 4.66. The SMILES string of the molecule is Cc1c(Cl)ccc(OCC[NH+]2CCC[C@H](C)C2)c1C. The smallest absolute Gasteiger partial charge is 0.137 e. The van der Waals surface area contributed by atoms with Gasteiger partial charge in [0.15, 0.2) is 0 Å². The van der Waals surface area contributed by atoms with E-state index in [1.165, 1.54) is 25.9 Å². The predicted molar refractivity (Wildman–Crippen MR) is 80.4 cm³/mol. The summed E-state index contributed by atoms with van der Waals surface area (Å²) in [5.41, 5.74) is 2.28. The van der Waals surface area contributed by atoms with E-state index in [4.69, 9.17) is 16.3 Å². The zero-order valence-corrected chi connectivity index (χ0v) is 13.0. The maximum Gasteiger partial charge on any atom is 0.137 e. The number of benzene rings is 1. The van der Waals surface area contributed by atoms with E-state index in [0.717, 1.165) is 41.0 Å². The van der Waals surface area contributed by atoms with E-state index in [1.54, 1.807) is 4.90 Å². The zero-order valence-electron chi connectivity index (χ0n) is 12.3. The number of piperidine rings is 1. The first-order valence-corrected chi connectivity index (χ1v) is 7.67. The Morgan fingerprint density at radius 1 is 1.32 bits per heavy atom. The molecule has 0 saturated carbocycles. The molecule has 19 heavy (non-hydrogen) atoms. The van der Waals surface area contributed by atoms with Gasteiger partial charge in [-0.2, -0.15) is 0 Å². The van der Waals surface area contributed by atoms with Gasteiger partial charge < -0.3 is 9.64 Å². The van der Waals surface area contributed by atoms with Gasteiger partial charge in [-0.25, -0.2) is 0 Å². The van der Waals surface area contributed by atoms with Gasteiger partial charge in [-0.1, -0.05) is 18.5 Å². The first-order valence-electron chi connectivity index (χ1n) is 7.30. The van der Waals surface area contributed by atoms with Crippen molar-refractivity contribution in [1.82, 2.24) is 0 Å². The van der Waals surface area contributed by atoms with Gasteiger partial charge in [0.25, 0.3) is 0 Å². The van der Waals surface area contributed by atoms with Gasteiger partial charge in [-0.05, 0) is 49.9 Å². The van der Waals surface area contributed by atoms with Crippen LogP contribution in [-0.4, -0.2) is 26.2 Å². The van der Waals surface area contributed by atoms with E-state index >= 15 is 0 Å². The minimum atomic E-state index is 0.796.